The molecule has 0 radical (unpaired) electrons. The summed E-state index contributed by atoms with van der Waals surface area (Å²) in [5.74, 6) is -0.171. The number of carbonyl (C=O) groups is 2. The molecule has 1 aromatic heterocycles. The fourth-order valence-electron chi connectivity index (χ4n) is 3.88. The zero-order chi connectivity index (χ0) is 25.2. The Morgan fingerprint density at radius 3 is 2.23 bits per heavy atom. The van der Waals surface area contributed by atoms with Crippen molar-refractivity contribution in [3.05, 3.63) is 64.6 Å². The number of rotatable bonds is 12. The SMILES string of the molecule is CCCN(CCC)CCNC(=O)CNC(=O)c1nn(-c2ccc(OC)cc2)c(=O)c2ccccc12. The van der Waals surface area contributed by atoms with Crippen molar-refractivity contribution in [2.45, 2.75) is 26.7 Å². The first-order chi connectivity index (χ1) is 17.0. The molecule has 0 unspecified atom stereocenters. The van der Waals surface area contributed by atoms with Crippen molar-refractivity contribution in [1.29, 1.82) is 0 Å². The van der Waals surface area contributed by atoms with Crippen molar-refractivity contribution in [1.82, 2.24) is 25.3 Å². The molecule has 35 heavy (non-hydrogen) atoms. The molecule has 9 heteroatoms. The van der Waals surface area contributed by atoms with Gasteiger partial charge in [0.25, 0.3) is 11.5 Å². The van der Waals surface area contributed by atoms with Crippen molar-refractivity contribution in [3.63, 3.8) is 0 Å². The summed E-state index contributed by atoms with van der Waals surface area (Å²) in [5.41, 5.74) is 0.224. The summed E-state index contributed by atoms with van der Waals surface area (Å²) >= 11 is 0. The summed E-state index contributed by atoms with van der Waals surface area (Å²) in [5, 5.41) is 10.6. The number of methoxy groups -OCH3 is 1. The fourth-order valence-corrected chi connectivity index (χ4v) is 3.88. The first-order valence-corrected chi connectivity index (χ1v) is 11.9. The molecule has 0 bridgehead atoms. The van der Waals surface area contributed by atoms with Crippen molar-refractivity contribution < 1.29 is 14.3 Å². The average Bonchev–Trinajstić information content (AvgIpc) is 2.88. The van der Waals surface area contributed by atoms with Gasteiger partial charge in [0, 0.05) is 18.5 Å². The number of amides is 2. The number of nitrogens with one attached hydrogen (secondary N) is 2. The summed E-state index contributed by atoms with van der Waals surface area (Å²) in [7, 11) is 1.56. The summed E-state index contributed by atoms with van der Waals surface area (Å²) in [6.45, 7) is 7.33. The summed E-state index contributed by atoms with van der Waals surface area (Å²) < 4.78 is 6.36. The minimum absolute atomic E-state index is 0.0703. The highest BCUT2D eigenvalue weighted by Gasteiger charge is 2.18. The van der Waals surface area contributed by atoms with Crippen LogP contribution in [0.4, 0.5) is 0 Å². The molecule has 0 aliphatic carbocycles. The molecule has 0 saturated carbocycles. The molecule has 0 spiro atoms. The fraction of sp³-hybridized carbons (Fsp3) is 0.385. The molecule has 2 amide bonds. The van der Waals surface area contributed by atoms with E-state index in [-0.39, 0.29) is 23.7 Å². The van der Waals surface area contributed by atoms with Crippen LogP contribution < -0.4 is 20.9 Å². The van der Waals surface area contributed by atoms with Crippen molar-refractivity contribution >= 4 is 22.6 Å². The van der Waals surface area contributed by atoms with Gasteiger partial charge in [-0.05, 0) is 56.3 Å². The zero-order valence-electron chi connectivity index (χ0n) is 20.5. The highest BCUT2D eigenvalue weighted by atomic mass is 16.5. The van der Waals surface area contributed by atoms with Crippen LogP contribution in [0.3, 0.4) is 0 Å². The molecule has 0 atom stereocenters. The Bertz CT molecular complexity index is 1200. The summed E-state index contributed by atoms with van der Waals surface area (Å²) in [6, 6.07) is 13.6. The molecule has 1 heterocycles. The molecule has 0 saturated heterocycles. The van der Waals surface area contributed by atoms with E-state index in [0.29, 0.717) is 28.8 Å². The molecule has 9 nitrogen and oxygen atoms in total. The Balaban J connectivity index is 1.73. The van der Waals surface area contributed by atoms with Crippen LogP contribution in [0.1, 0.15) is 37.2 Å². The van der Waals surface area contributed by atoms with E-state index >= 15 is 0 Å². The van der Waals surface area contributed by atoms with E-state index in [1.807, 2.05) is 0 Å². The monoisotopic (exact) mass is 479 g/mol. The normalized spacial score (nSPS) is 11.0. The van der Waals surface area contributed by atoms with Gasteiger partial charge in [0.2, 0.25) is 5.91 Å². The second kappa shape index (κ2) is 12.7. The molecule has 0 aliphatic heterocycles. The Morgan fingerprint density at radius 1 is 0.943 bits per heavy atom. The third-order valence-electron chi connectivity index (χ3n) is 5.58. The lowest BCUT2D eigenvalue weighted by atomic mass is 10.1. The van der Waals surface area contributed by atoms with Gasteiger partial charge in [-0.3, -0.25) is 14.4 Å². The highest BCUT2D eigenvalue weighted by Crippen LogP contribution is 2.17. The minimum atomic E-state index is -0.530. The number of hydrogen-bond acceptors (Lipinski definition) is 6. The molecule has 0 fully saturated rings. The Kier molecular flexibility index (Phi) is 9.37. The average molecular weight is 480 g/mol. The predicted octanol–water partition coefficient (Wildman–Crippen LogP) is 2.36. The molecule has 3 rings (SSSR count). The van der Waals surface area contributed by atoms with Gasteiger partial charge < -0.3 is 20.3 Å². The van der Waals surface area contributed by atoms with Crippen LogP contribution in [0.25, 0.3) is 16.5 Å². The lowest BCUT2D eigenvalue weighted by Gasteiger charge is -2.20. The van der Waals surface area contributed by atoms with Gasteiger partial charge in [0.15, 0.2) is 5.69 Å². The number of carbonyl (C=O) groups excluding carboxylic acids is 2. The lowest BCUT2D eigenvalue weighted by molar-refractivity contribution is -0.120. The molecule has 3 aromatic rings. The minimum Gasteiger partial charge on any atom is -0.497 e. The summed E-state index contributed by atoms with van der Waals surface area (Å²) in [4.78, 5) is 40.7. The number of nitrogens with zero attached hydrogens (tertiary/aromatic N) is 3. The number of fused-ring (bicyclic) bond motifs is 1. The van der Waals surface area contributed by atoms with Crippen LogP contribution in [0, 0.1) is 0 Å². The maximum absolute atomic E-state index is 13.1. The van der Waals surface area contributed by atoms with Crippen LogP contribution in [-0.2, 0) is 4.79 Å². The zero-order valence-corrected chi connectivity index (χ0v) is 20.5. The number of aromatic nitrogens is 2. The third kappa shape index (κ3) is 6.66. The van der Waals surface area contributed by atoms with Gasteiger partial charge in [0.1, 0.15) is 5.75 Å². The molecule has 186 valence electrons. The maximum atomic E-state index is 13.1. The number of ether oxygens (including phenoxy) is 1. The number of hydrogen-bond donors (Lipinski definition) is 2. The summed E-state index contributed by atoms with van der Waals surface area (Å²) in [6.07, 6.45) is 2.12. The van der Waals surface area contributed by atoms with Gasteiger partial charge >= 0.3 is 0 Å². The Hall–Kier alpha value is -3.72. The molecular formula is C26H33N5O4. The van der Waals surface area contributed by atoms with E-state index < -0.39 is 5.91 Å². The molecular weight excluding hydrogens is 446 g/mol. The first-order valence-electron chi connectivity index (χ1n) is 11.9. The van der Waals surface area contributed by atoms with Gasteiger partial charge in [0.05, 0.1) is 24.7 Å². The van der Waals surface area contributed by atoms with E-state index in [1.54, 1.807) is 55.6 Å². The second-order valence-corrected chi connectivity index (χ2v) is 8.18. The quantitative estimate of drug-likeness (QED) is 0.413. The molecule has 2 aromatic carbocycles. The third-order valence-corrected chi connectivity index (χ3v) is 5.58. The predicted molar refractivity (Wildman–Crippen MR) is 136 cm³/mol. The maximum Gasteiger partial charge on any atom is 0.279 e. The van der Waals surface area contributed by atoms with Crippen molar-refractivity contribution in [2.75, 3.05) is 39.8 Å². The van der Waals surface area contributed by atoms with Crippen LogP contribution in [0.2, 0.25) is 0 Å². The first kappa shape index (κ1) is 25.9. The Morgan fingerprint density at radius 2 is 1.60 bits per heavy atom. The van der Waals surface area contributed by atoms with E-state index in [0.717, 1.165) is 32.5 Å². The lowest BCUT2D eigenvalue weighted by Crippen LogP contribution is -2.41. The van der Waals surface area contributed by atoms with Gasteiger partial charge in [-0.1, -0.05) is 32.0 Å². The van der Waals surface area contributed by atoms with E-state index in [4.69, 9.17) is 4.74 Å². The Labute approximate surface area is 205 Å². The number of benzene rings is 2. The van der Waals surface area contributed by atoms with Gasteiger partial charge in [-0.15, -0.1) is 0 Å². The van der Waals surface area contributed by atoms with E-state index in [2.05, 4.69) is 34.5 Å². The largest absolute Gasteiger partial charge is 0.497 e. The smallest absolute Gasteiger partial charge is 0.279 e. The second-order valence-electron chi connectivity index (χ2n) is 8.18. The van der Waals surface area contributed by atoms with Gasteiger partial charge in [-0.2, -0.15) is 9.78 Å². The molecule has 2 N–H and O–H groups in total. The van der Waals surface area contributed by atoms with Crippen LogP contribution in [0.5, 0.6) is 5.75 Å². The van der Waals surface area contributed by atoms with Crippen molar-refractivity contribution in [2.24, 2.45) is 0 Å². The van der Waals surface area contributed by atoms with Crippen LogP contribution in [0.15, 0.2) is 53.3 Å². The van der Waals surface area contributed by atoms with E-state index in [1.165, 1.54) is 4.68 Å². The highest BCUT2D eigenvalue weighted by molar-refractivity contribution is 6.05. The van der Waals surface area contributed by atoms with E-state index in [9.17, 15) is 14.4 Å². The van der Waals surface area contributed by atoms with Gasteiger partial charge in [-0.25, -0.2) is 0 Å². The van der Waals surface area contributed by atoms with Crippen LogP contribution >= 0.6 is 0 Å². The topological polar surface area (TPSA) is 106 Å². The molecule has 0 aliphatic rings. The van der Waals surface area contributed by atoms with Crippen LogP contribution in [-0.4, -0.2) is 66.3 Å². The van der Waals surface area contributed by atoms with Crippen molar-refractivity contribution in [3.8, 4) is 11.4 Å². The standard InChI is InChI=1S/C26H33N5O4/c1-4-15-30(16-5-2)17-14-27-23(32)18-28-25(33)24-21-8-6-7-9-22(21)26(34)31(29-24)19-10-12-20(35-3)13-11-19/h6-13H,4-5,14-18H2,1-3H3,(H,27,32)(H,28,33).